The largest absolute Gasteiger partial charge is 0.438 e. The molecule has 0 N–H and O–H groups in total. The molecule has 0 aromatic heterocycles. The van der Waals surface area contributed by atoms with Crippen LogP contribution in [0.15, 0.2) is 52.1 Å². The highest BCUT2D eigenvalue weighted by molar-refractivity contribution is 14.1. The molecule has 0 unspecified atom stereocenters. The predicted molar refractivity (Wildman–Crippen MR) is 153 cm³/mol. The fourth-order valence-electron chi connectivity index (χ4n) is 6.26. The van der Waals surface area contributed by atoms with Crippen LogP contribution < -0.4 is 0 Å². The molecule has 7 heteroatoms. The number of rotatable bonds is 8. The molecule has 2 aliphatic carbocycles. The van der Waals surface area contributed by atoms with Gasteiger partial charge in [-0.25, -0.2) is 0 Å². The zero-order valence-electron chi connectivity index (χ0n) is 22.2. The van der Waals surface area contributed by atoms with Crippen LogP contribution in [0.4, 0.5) is 0 Å². The van der Waals surface area contributed by atoms with Gasteiger partial charge in [0, 0.05) is 38.0 Å². The number of carbonyl (C=O) groups excluding carboxylic acids is 1. The van der Waals surface area contributed by atoms with E-state index in [0.29, 0.717) is 19.1 Å². The van der Waals surface area contributed by atoms with Crippen molar-refractivity contribution in [1.82, 2.24) is 0 Å². The summed E-state index contributed by atoms with van der Waals surface area (Å²) in [5, 5.41) is 0. The Morgan fingerprint density at radius 2 is 1.97 bits per heavy atom. The van der Waals surface area contributed by atoms with Crippen LogP contribution in [-0.2, 0) is 23.7 Å². The van der Waals surface area contributed by atoms with E-state index < -0.39 is 13.5 Å². The maximum atomic E-state index is 13.8. The molecule has 198 valence electrons. The van der Waals surface area contributed by atoms with Gasteiger partial charge in [-0.15, -0.1) is 0 Å². The number of ether oxygens (including phenoxy) is 4. The molecule has 1 saturated heterocycles. The Kier molecular flexibility index (Phi) is 9.19. The average molecular weight is 625 g/mol. The molecule has 0 amide bonds. The third-order valence-electron chi connectivity index (χ3n) is 8.31. The van der Waals surface area contributed by atoms with Crippen LogP contribution in [0.5, 0.6) is 0 Å². The van der Waals surface area contributed by atoms with Crippen LogP contribution in [0.25, 0.3) is 0 Å². The summed E-state index contributed by atoms with van der Waals surface area (Å²) in [6, 6.07) is 11.2. The van der Waals surface area contributed by atoms with Gasteiger partial charge in [0.15, 0.2) is 13.1 Å². The van der Waals surface area contributed by atoms with Gasteiger partial charge in [0.2, 0.25) is 0 Å². The minimum atomic E-state index is -1.19. The van der Waals surface area contributed by atoms with Crippen LogP contribution in [0.1, 0.15) is 38.5 Å². The maximum absolute atomic E-state index is 13.8. The van der Waals surface area contributed by atoms with E-state index >= 15 is 0 Å². The molecule has 7 atom stereocenters. The van der Waals surface area contributed by atoms with Crippen LogP contribution in [-0.4, -0.2) is 40.2 Å². The zero-order chi connectivity index (χ0) is 25.9. The van der Waals surface area contributed by atoms with Crippen LogP contribution in [0, 0.1) is 29.1 Å². The number of esters is 1. The molecule has 0 spiro atoms. The second-order valence-corrected chi connectivity index (χ2v) is 18.3. The van der Waals surface area contributed by atoms with E-state index in [1.807, 2.05) is 22.3 Å². The molecule has 0 bridgehead atoms. The van der Waals surface area contributed by atoms with Gasteiger partial charge in [0.05, 0.1) is 18.1 Å². The fraction of sp³-hybridized carbons (Fsp3) is 0.621. The topological polar surface area (TPSA) is 54.0 Å². The molecule has 4 rings (SSSR count). The first-order valence-electron chi connectivity index (χ1n) is 13.2. The Hall–Kier alpha value is -1.00. The second kappa shape index (κ2) is 11.8. The minimum Gasteiger partial charge on any atom is -0.438 e. The van der Waals surface area contributed by atoms with Crippen molar-refractivity contribution >= 4 is 36.6 Å². The van der Waals surface area contributed by atoms with Crippen molar-refractivity contribution in [2.75, 3.05) is 20.0 Å². The van der Waals surface area contributed by atoms with Crippen molar-refractivity contribution in [2.24, 2.45) is 29.1 Å². The molecule has 3 aliphatic rings. The van der Waals surface area contributed by atoms with Crippen molar-refractivity contribution in [3.05, 3.63) is 57.7 Å². The molecule has 5 nitrogen and oxygen atoms in total. The normalized spacial score (nSPS) is 34.6. The van der Waals surface area contributed by atoms with E-state index in [2.05, 4.69) is 80.4 Å². The van der Waals surface area contributed by atoms with Gasteiger partial charge in [0.1, 0.15) is 0 Å². The van der Waals surface area contributed by atoms with Gasteiger partial charge >= 0.3 is 5.97 Å². The molecule has 1 aromatic carbocycles. The van der Waals surface area contributed by atoms with Crippen LogP contribution in [0.3, 0.4) is 0 Å². The molecule has 36 heavy (non-hydrogen) atoms. The first-order valence-corrected chi connectivity index (χ1v) is 18.1. The highest BCUT2D eigenvalue weighted by atomic mass is 127. The summed E-state index contributed by atoms with van der Waals surface area (Å²) in [5.41, 5.74) is 1.57. The van der Waals surface area contributed by atoms with E-state index in [1.165, 1.54) is 5.57 Å². The minimum absolute atomic E-state index is 0.00792. The van der Waals surface area contributed by atoms with Crippen molar-refractivity contribution in [2.45, 2.75) is 64.8 Å². The quantitative estimate of drug-likeness (QED) is 0.0770. The average Bonchev–Trinajstić information content (AvgIpc) is 2.85. The number of benzene rings is 1. The van der Waals surface area contributed by atoms with Crippen molar-refractivity contribution in [1.29, 1.82) is 0 Å². The van der Waals surface area contributed by atoms with Gasteiger partial charge < -0.3 is 18.9 Å². The number of hydrogen-bond donors (Lipinski definition) is 0. The summed E-state index contributed by atoms with van der Waals surface area (Å²) in [5.74, 6) is 0.429. The SMILES string of the molecule is CC1=C[C@H]2[C@@H]3O[C@H](c4ccccc4)OC[C@H]3CC[C@@H]2[C@@](C)(C(=O)OCOCC[Si](C)(C)C)[C@H]1/C=C/I. The summed E-state index contributed by atoms with van der Waals surface area (Å²) < 4.78 is 26.4. The molecular weight excluding hydrogens is 583 g/mol. The molecule has 1 aliphatic heterocycles. The van der Waals surface area contributed by atoms with E-state index in [4.69, 9.17) is 18.9 Å². The fourth-order valence-corrected chi connectivity index (χ4v) is 7.44. The standard InChI is InChI=1S/C29H41IO5Si/c1-20-17-23-25(12-11-22-18-33-27(35-26(22)23)21-9-7-6-8-10-21)29(2,24(20)13-14-30)28(31)34-19-32-15-16-36(3,4)5/h6-10,13-14,17,22-27H,11-12,15-16,18-19H2,1-5H3/b14-13+/t22-,23-,24+,25+,26-,27-,29+/m1/s1. The Balaban J connectivity index is 1.54. The Bertz CT molecular complexity index is 958. The molecule has 2 fully saturated rings. The predicted octanol–water partition coefficient (Wildman–Crippen LogP) is 7.13. The van der Waals surface area contributed by atoms with Gasteiger partial charge in [-0.1, -0.05) is 90.3 Å². The number of hydrogen-bond acceptors (Lipinski definition) is 5. The number of allylic oxidation sites excluding steroid dienone is 2. The lowest BCUT2D eigenvalue weighted by Gasteiger charge is -2.54. The van der Waals surface area contributed by atoms with Crippen LogP contribution >= 0.6 is 22.6 Å². The Morgan fingerprint density at radius 3 is 2.67 bits per heavy atom. The third kappa shape index (κ3) is 6.01. The van der Waals surface area contributed by atoms with E-state index in [-0.39, 0.29) is 42.9 Å². The third-order valence-corrected chi connectivity index (χ3v) is 10.4. The second-order valence-electron chi connectivity index (χ2n) is 12.0. The monoisotopic (exact) mass is 624 g/mol. The van der Waals surface area contributed by atoms with E-state index in [1.54, 1.807) is 0 Å². The van der Waals surface area contributed by atoms with Crippen molar-refractivity contribution in [3.8, 4) is 0 Å². The highest BCUT2D eigenvalue weighted by Crippen LogP contribution is 2.57. The summed E-state index contributed by atoms with van der Waals surface area (Å²) in [6.07, 6.45) is 6.10. The van der Waals surface area contributed by atoms with Crippen molar-refractivity contribution < 1.29 is 23.7 Å². The zero-order valence-corrected chi connectivity index (χ0v) is 25.4. The first-order chi connectivity index (χ1) is 17.1. The molecular formula is C29H41IO5Si. The lowest BCUT2D eigenvalue weighted by molar-refractivity contribution is -0.268. The summed E-state index contributed by atoms with van der Waals surface area (Å²) in [4.78, 5) is 13.8. The Labute approximate surface area is 231 Å². The van der Waals surface area contributed by atoms with Crippen LogP contribution in [0.2, 0.25) is 25.7 Å². The number of carbonyl (C=O) groups is 1. The number of fused-ring (bicyclic) bond motifs is 3. The lowest BCUT2D eigenvalue weighted by atomic mass is 9.52. The highest BCUT2D eigenvalue weighted by Gasteiger charge is 2.58. The molecule has 0 radical (unpaired) electrons. The van der Waals surface area contributed by atoms with E-state index in [9.17, 15) is 4.79 Å². The Morgan fingerprint density at radius 1 is 1.22 bits per heavy atom. The van der Waals surface area contributed by atoms with E-state index in [0.717, 1.165) is 24.4 Å². The maximum Gasteiger partial charge on any atom is 0.315 e. The lowest BCUT2D eigenvalue weighted by Crippen LogP contribution is -2.56. The van der Waals surface area contributed by atoms with Gasteiger partial charge in [0.25, 0.3) is 0 Å². The molecule has 1 saturated carbocycles. The van der Waals surface area contributed by atoms with Crippen molar-refractivity contribution in [3.63, 3.8) is 0 Å². The summed E-state index contributed by atoms with van der Waals surface area (Å²) >= 11 is 2.25. The molecule has 1 aromatic rings. The number of halogens is 1. The van der Waals surface area contributed by atoms with Gasteiger partial charge in [-0.3, -0.25) is 4.79 Å². The first kappa shape index (κ1) is 28.0. The molecule has 1 heterocycles. The summed E-state index contributed by atoms with van der Waals surface area (Å²) in [7, 11) is -1.19. The van der Waals surface area contributed by atoms with Gasteiger partial charge in [-0.2, -0.15) is 0 Å². The smallest absolute Gasteiger partial charge is 0.315 e. The van der Waals surface area contributed by atoms with Gasteiger partial charge in [-0.05, 0) is 42.7 Å². The summed E-state index contributed by atoms with van der Waals surface area (Å²) in [6.45, 7) is 12.5.